The molecule has 0 amide bonds. The van der Waals surface area contributed by atoms with Gasteiger partial charge in [0.15, 0.2) is 0 Å². The standard InChI is InChI=1S/C19H24N2/c1-3-21(18-8-4-6-15(2)12-18)14-16-9-10-19-17(13-16)7-5-11-20-19/h4,6,8-10,12-13,20H,3,5,7,11,14H2,1-2H3. The Labute approximate surface area is 127 Å². The van der Waals surface area contributed by atoms with Crippen molar-refractivity contribution in [2.75, 3.05) is 23.3 Å². The first-order valence-electron chi connectivity index (χ1n) is 7.93. The summed E-state index contributed by atoms with van der Waals surface area (Å²) in [6.07, 6.45) is 2.44. The molecule has 0 bridgehead atoms. The molecule has 0 saturated heterocycles. The van der Waals surface area contributed by atoms with Gasteiger partial charge in [0, 0.05) is 31.0 Å². The molecule has 21 heavy (non-hydrogen) atoms. The zero-order valence-corrected chi connectivity index (χ0v) is 13.0. The highest BCUT2D eigenvalue weighted by atomic mass is 15.1. The fourth-order valence-corrected chi connectivity index (χ4v) is 3.06. The summed E-state index contributed by atoms with van der Waals surface area (Å²) in [5, 5.41) is 3.48. The van der Waals surface area contributed by atoms with Gasteiger partial charge in [0.2, 0.25) is 0 Å². The first kappa shape index (κ1) is 14.0. The van der Waals surface area contributed by atoms with Crippen molar-refractivity contribution in [2.24, 2.45) is 0 Å². The lowest BCUT2D eigenvalue weighted by Gasteiger charge is -2.25. The van der Waals surface area contributed by atoms with Crippen LogP contribution in [0.5, 0.6) is 0 Å². The van der Waals surface area contributed by atoms with E-state index in [0.717, 1.165) is 19.6 Å². The van der Waals surface area contributed by atoms with Gasteiger partial charge in [-0.3, -0.25) is 0 Å². The number of hydrogen-bond donors (Lipinski definition) is 1. The maximum atomic E-state index is 3.48. The van der Waals surface area contributed by atoms with E-state index in [1.807, 2.05) is 0 Å². The Morgan fingerprint density at radius 1 is 1.14 bits per heavy atom. The van der Waals surface area contributed by atoms with Crippen LogP contribution in [0.15, 0.2) is 42.5 Å². The van der Waals surface area contributed by atoms with Crippen molar-refractivity contribution in [1.82, 2.24) is 0 Å². The van der Waals surface area contributed by atoms with Gasteiger partial charge in [0.05, 0.1) is 0 Å². The minimum atomic E-state index is 0.979. The molecule has 0 aromatic heterocycles. The van der Waals surface area contributed by atoms with Gasteiger partial charge in [-0.05, 0) is 61.6 Å². The van der Waals surface area contributed by atoms with Crippen LogP contribution in [0.2, 0.25) is 0 Å². The van der Waals surface area contributed by atoms with Gasteiger partial charge in [-0.25, -0.2) is 0 Å². The van der Waals surface area contributed by atoms with Crippen molar-refractivity contribution in [2.45, 2.75) is 33.2 Å². The van der Waals surface area contributed by atoms with Crippen LogP contribution in [0.25, 0.3) is 0 Å². The molecule has 1 aliphatic rings. The number of rotatable bonds is 4. The molecule has 0 aliphatic carbocycles. The van der Waals surface area contributed by atoms with Crippen molar-refractivity contribution >= 4 is 11.4 Å². The Bertz CT molecular complexity index is 619. The molecule has 0 atom stereocenters. The summed E-state index contributed by atoms with van der Waals surface area (Å²) < 4.78 is 0. The second-order valence-electron chi connectivity index (χ2n) is 5.88. The number of benzene rings is 2. The van der Waals surface area contributed by atoms with E-state index in [2.05, 4.69) is 66.5 Å². The fraction of sp³-hybridized carbons (Fsp3) is 0.368. The van der Waals surface area contributed by atoms with E-state index in [1.54, 1.807) is 0 Å². The predicted molar refractivity (Wildman–Crippen MR) is 91.2 cm³/mol. The second kappa shape index (κ2) is 6.21. The predicted octanol–water partition coefficient (Wildman–Crippen LogP) is 4.38. The van der Waals surface area contributed by atoms with Crippen LogP contribution in [-0.4, -0.2) is 13.1 Å². The first-order valence-corrected chi connectivity index (χ1v) is 7.93. The highest BCUT2D eigenvalue weighted by molar-refractivity contribution is 5.55. The number of hydrogen-bond acceptors (Lipinski definition) is 2. The van der Waals surface area contributed by atoms with Crippen LogP contribution < -0.4 is 10.2 Å². The lowest BCUT2D eigenvalue weighted by atomic mass is 10.0. The third-order valence-corrected chi connectivity index (χ3v) is 4.23. The highest BCUT2D eigenvalue weighted by Gasteiger charge is 2.11. The summed E-state index contributed by atoms with van der Waals surface area (Å²) >= 11 is 0. The summed E-state index contributed by atoms with van der Waals surface area (Å²) in [5.74, 6) is 0. The maximum absolute atomic E-state index is 3.48. The summed E-state index contributed by atoms with van der Waals surface area (Å²) in [6, 6.07) is 15.6. The van der Waals surface area contributed by atoms with E-state index in [0.29, 0.717) is 0 Å². The third kappa shape index (κ3) is 3.21. The second-order valence-corrected chi connectivity index (χ2v) is 5.88. The van der Waals surface area contributed by atoms with E-state index in [1.165, 1.54) is 40.9 Å². The first-order chi connectivity index (χ1) is 10.3. The molecule has 110 valence electrons. The number of nitrogens with one attached hydrogen (secondary N) is 1. The number of aryl methyl sites for hydroxylation is 2. The van der Waals surface area contributed by atoms with Gasteiger partial charge in [-0.2, -0.15) is 0 Å². The van der Waals surface area contributed by atoms with Gasteiger partial charge in [0.25, 0.3) is 0 Å². The average molecular weight is 280 g/mol. The van der Waals surface area contributed by atoms with Crippen LogP contribution in [0.4, 0.5) is 11.4 Å². The number of anilines is 2. The molecule has 1 N–H and O–H groups in total. The summed E-state index contributed by atoms with van der Waals surface area (Å²) in [5.41, 5.74) is 6.83. The Hall–Kier alpha value is -1.96. The fourth-order valence-electron chi connectivity index (χ4n) is 3.06. The molecule has 0 unspecified atom stereocenters. The molecular weight excluding hydrogens is 256 g/mol. The summed E-state index contributed by atoms with van der Waals surface area (Å²) in [4.78, 5) is 2.44. The van der Waals surface area contributed by atoms with Crippen molar-refractivity contribution in [3.63, 3.8) is 0 Å². The van der Waals surface area contributed by atoms with Crippen molar-refractivity contribution in [3.8, 4) is 0 Å². The van der Waals surface area contributed by atoms with Crippen LogP contribution in [0, 0.1) is 6.92 Å². The summed E-state index contributed by atoms with van der Waals surface area (Å²) in [6.45, 7) is 7.49. The Morgan fingerprint density at radius 3 is 2.86 bits per heavy atom. The molecule has 2 heteroatoms. The molecule has 2 aromatic rings. The van der Waals surface area contributed by atoms with Crippen LogP contribution in [0.1, 0.15) is 30.0 Å². The maximum Gasteiger partial charge on any atom is 0.0429 e. The number of nitrogens with zero attached hydrogens (tertiary/aromatic N) is 1. The van der Waals surface area contributed by atoms with E-state index in [4.69, 9.17) is 0 Å². The Morgan fingerprint density at radius 2 is 2.05 bits per heavy atom. The Balaban J connectivity index is 1.81. The van der Waals surface area contributed by atoms with Crippen LogP contribution >= 0.6 is 0 Å². The smallest absolute Gasteiger partial charge is 0.0429 e. The van der Waals surface area contributed by atoms with Crippen LogP contribution in [0.3, 0.4) is 0 Å². The zero-order valence-electron chi connectivity index (χ0n) is 13.0. The molecule has 0 saturated carbocycles. The molecule has 1 aliphatic heterocycles. The van der Waals surface area contributed by atoms with Gasteiger partial charge >= 0.3 is 0 Å². The summed E-state index contributed by atoms with van der Waals surface area (Å²) in [7, 11) is 0. The van der Waals surface area contributed by atoms with Gasteiger partial charge in [-0.1, -0.05) is 24.3 Å². The quantitative estimate of drug-likeness (QED) is 0.894. The molecule has 2 nitrogen and oxygen atoms in total. The lowest BCUT2D eigenvalue weighted by molar-refractivity contribution is 0.810. The number of fused-ring (bicyclic) bond motifs is 1. The zero-order chi connectivity index (χ0) is 14.7. The molecule has 0 spiro atoms. The Kier molecular flexibility index (Phi) is 4.14. The van der Waals surface area contributed by atoms with E-state index in [9.17, 15) is 0 Å². The highest BCUT2D eigenvalue weighted by Crippen LogP contribution is 2.25. The van der Waals surface area contributed by atoms with E-state index in [-0.39, 0.29) is 0 Å². The largest absolute Gasteiger partial charge is 0.385 e. The molecule has 1 heterocycles. The molecule has 0 fully saturated rings. The topological polar surface area (TPSA) is 15.3 Å². The van der Waals surface area contributed by atoms with Gasteiger partial charge in [0.1, 0.15) is 0 Å². The third-order valence-electron chi connectivity index (χ3n) is 4.23. The van der Waals surface area contributed by atoms with Crippen molar-refractivity contribution < 1.29 is 0 Å². The molecule has 2 aromatic carbocycles. The SMILES string of the molecule is CCN(Cc1ccc2c(c1)CCCN2)c1cccc(C)c1. The van der Waals surface area contributed by atoms with E-state index < -0.39 is 0 Å². The molecule has 3 rings (SSSR count). The van der Waals surface area contributed by atoms with Crippen molar-refractivity contribution in [1.29, 1.82) is 0 Å². The lowest BCUT2D eigenvalue weighted by Crippen LogP contribution is -2.22. The molecule has 0 radical (unpaired) electrons. The van der Waals surface area contributed by atoms with Crippen LogP contribution in [-0.2, 0) is 13.0 Å². The van der Waals surface area contributed by atoms with Gasteiger partial charge in [-0.15, -0.1) is 0 Å². The average Bonchev–Trinajstić information content (AvgIpc) is 2.52. The van der Waals surface area contributed by atoms with Crippen molar-refractivity contribution in [3.05, 3.63) is 59.2 Å². The normalized spacial score (nSPS) is 13.4. The molecular formula is C19H24N2. The van der Waals surface area contributed by atoms with E-state index >= 15 is 0 Å². The van der Waals surface area contributed by atoms with Gasteiger partial charge < -0.3 is 10.2 Å². The minimum absolute atomic E-state index is 0.979. The minimum Gasteiger partial charge on any atom is -0.385 e. The monoisotopic (exact) mass is 280 g/mol.